The molecule has 0 spiro atoms. The molecule has 0 fully saturated rings. The summed E-state index contributed by atoms with van der Waals surface area (Å²) >= 11 is 0. The zero-order chi connectivity index (χ0) is 14.7. The maximum absolute atomic E-state index is 12.0. The van der Waals surface area contributed by atoms with E-state index in [0.29, 0.717) is 0 Å². The van der Waals surface area contributed by atoms with E-state index in [0.717, 1.165) is 28.3 Å². The Labute approximate surface area is 119 Å². The molecule has 0 aliphatic carbocycles. The number of aryl methyl sites for hydroxylation is 3. The van der Waals surface area contributed by atoms with Crippen molar-refractivity contribution in [2.24, 2.45) is 0 Å². The number of carbonyl (C=O) groups excluding carboxylic acids is 1. The molecule has 2 N–H and O–H groups in total. The molecule has 0 saturated carbocycles. The maximum Gasteiger partial charge on any atom is 0.319 e. The van der Waals surface area contributed by atoms with Gasteiger partial charge in [-0.15, -0.1) is 0 Å². The van der Waals surface area contributed by atoms with E-state index in [-0.39, 0.29) is 12.1 Å². The normalized spacial score (nSPS) is 12.0. The van der Waals surface area contributed by atoms with Crippen LogP contribution in [0.3, 0.4) is 0 Å². The fraction of sp³-hybridized carbons (Fsp3) is 0.312. The van der Waals surface area contributed by atoms with Crippen LogP contribution in [-0.2, 0) is 0 Å². The Hall–Kier alpha value is -2.23. The lowest BCUT2D eigenvalue weighted by atomic mass is 10.1. The number of amides is 2. The van der Waals surface area contributed by atoms with Crippen molar-refractivity contribution in [3.05, 3.63) is 53.0 Å². The van der Waals surface area contributed by atoms with Crippen LogP contribution in [0.25, 0.3) is 0 Å². The first-order chi connectivity index (χ1) is 9.44. The average Bonchev–Trinajstić information content (AvgIpc) is 2.74. The molecule has 2 rings (SSSR count). The van der Waals surface area contributed by atoms with Crippen LogP contribution in [0.1, 0.15) is 35.6 Å². The monoisotopic (exact) mass is 272 g/mol. The van der Waals surface area contributed by atoms with E-state index in [1.807, 2.05) is 52.0 Å². The molecule has 4 nitrogen and oxygen atoms in total. The lowest BCUT2D eigenvalue weighted by Gasteiger charge is -2.13. The van der Waals surface area contributed by atoms with Crippen LogP contribution in [0.5, 0.6) is 0 Å². The van der Waals surface area contributed by atoms with E-state index in [1.165, 1.54) is 0 Å². The van der Waals surface area contributed by atoms with Gasteiger partial charge in [0.1, 0.15) is 11.5 Å². The Kier molecular flexibility index (Phi) is 4.13. The first-order valence-corrected chi connectivity index (χ1v) is 6.66. The van der Waals surface area contributed by atoms with E-state index in [9.17, 15) is 4.79 Å². The largest absolute Gasteiger partial charge is 0.464 e. The molecule has 1 unspecified atom stereocenters. The predicted molar refractivity (Wildman–Crippen MR) is 79.9 cm³/mol. The molecule has 1 aromatic carbocycles. The summed E-state index contributed by atoms with van der Waals surface area (Å²) in [6, 6.07) is 9.29. The van der Waals surface area contributed by atoms with Gasteiger partial charge in [0, 0.05) is 5.69 Å². The van der Waals surface area contributed by atoms with Crippen molar-refractivity contribution in [1.29, 1.82) is 0 Å². The summed E-state index contributed by atoms with van der Waals surface area (Å²) in [4.78, 5) is 12.0. The van der Waals surface area contributed by atoms with Crippen molar-refractivity contribution in [3.8, 4) is 0 Å². The van der Waals surface area contributed by atoms with Crippen LogP contribution in [0.2, 0.25) is 0 Å². The molecule has 0 radical (unpaired) electrons. The third-order valence-electron chi connectivity index (χ3n) is 3.02. The number of nitrogens with one attached hydrogen (secondary N) is 2. The Balaban J connectivity index is 1.98. The summed E-state index contributed by atoms with van der Waals surface area (Å²) in [7, 11) is 0. The molecule has 0 bridgehead atoms. The van der Waals surface area contributed by atoms with Gasteiger partial charge in [-0.2, -0.15) is 0 Å². The molecular formula is C16H20N2O2. The van der Waals surface area contributed by atoms with Gasteiger partial charge in [-0.05, 0) is 63.1 Å². The number of benzene rings is 1. The molecule has 20 heavy (non-hydrogen) atoms. The van der Waals surface area contributed by atoms with Crippen LogP contribution >= 0.6 is 0 Å². The molecule has 1 heterocycles. The fourth-order valence-electron chi connectivity index (χ4n) is 2.17. The van der Waals surface area contributed by atoms with E-state index < -0.39 is 0 Å². The highest BCUT2D eigenvalue weighted by Crippen LogP contribution is 2.17. The molecule has 0 aliphatic heterocycles. The summed E-state index contributed by atoms with van der Waals surface area (Å²) in [5, 5.41) is 5.69. The highest BCUT2D eigenvalue weighted by atomic mass is 16.3. The number of hydrogen-bond donors (Lipinski definition) is 2. The third kappa shape index (κ3) is 3.63. The first-order valence-electron chi connectivity index (χ1n) is 6.66. The molecule has 1 atom stereocenters. The van der Waals surface area contributed by atoms with Crippen molar-refractivity contribution in [2.75, 3.05) is 5.32 Å². The van der Waals surface area contributed by atoms with Gasteiger partial charge in [0.05, 0.1) is 6.04 Å². The maximum atomic E-state index is 12.0. The van der Waals surface area contributed by atoms with E-state index in [1.54, 1.807) is 0 Å². The number of carbonyl (C=O) groups is 1. The van der Waals surface area contributed by atoms with Crippen molar-refractivity contribution in [2.45, 2.75) is 33.7 Å². The molecule has 2 aromatic rings. The van der Waals surface area contributed by atoms with E-state index >= 15 is 0 Å². The molecule has 0 aliphatic rings. The van der Waals surface area contributed by atoms with Gasteiger partial charge >= 0.3 is 6.03 Å². The summed E-state index contributed by atoms with van der Waals surface area (Å²) in [6.45, 7) is 7.78. The molecule has 1 aromatic heterocycles. The summed E-state index contributed by atoms with van der Waals surface area (Å²) in [5.74, 6) is 1.58. The standard InChI is InChI=1S/C16H20N2O2/c1-10-7-11(2)9-14(8-10)18-16(19)17-13(4)15-6-5-12(3)20-15/h5-9,13H,1-4H3,(H2,17,18,19). The number of urea groups is 1. The number of rotatable bonds is 3. The lowest BCUT2D eigenvalue weighted by molar-refractivity contribution is 0.247. The molecule has 2 amide bonds. The van der Waals surface area contributed by atoms with Crippen molar-refractivity contribution < 1.29 is 9.21 Å². The van der Waals surface area contributed by atoms with Gasteiger partial charge in [-0.3, -0.25) is 0 Å². The Morgan fingerprint density at radius 2 is 1.75 bits per heavy atom. The van der Waals surface area contributed by atoms with Crippen molar-refractivity contribution in [1.82, 2.24) is 5.32 Å². The number of furan rings is 1. The summed E-state index contributed by atoms with van der Waals surface area (Å²) in [5.41, 5.74) is 3.04. The predicted octanol–water partition coefficient (Wildman–Crippen LogP) is 4.09. The molecule has 0 saturated heterocycles. The minimum absolute atomic E-state index is 0.172. The van der Waals surface area contributed by atoms with Gasteiger partial charge in [-0.1, -0.05) is 6.07 Å². The van der Waals surface area contributed by atoms with E-state index in [4.69, 9.17) is 4.42 Å². The second-order valence-electron chi connectivity index (χ2n) is 5.14. The summed E-state index contributed by atoms with van der Waals surface area (Å²) in [6.07, 6.45) is 0. The van der Waals surface area contributed by atoms with Crippen LogP contribution in [-0.4, -0.2) is 6.03 Å². The molecular weight excluding hydrogens is 252 g/mol. The second kappa shape index (κ2) is 5.82. The summed E-state index contributed by atoms with van der Waals surface area (Å²) < 4.78 is 5.49. The van der Waals surface area contributed by atoms with Gasteiger partial charge in [0.2, 0.25) is 0 Å². The lowest BCUT2D eigenvalue weighted by Crippen LogP contribution is -2.31. The van der Waals surface area contributed by atoms with Crippen molar-refractivity contribution >= 4 is 11.7 Å². The SMILES string of the molecule is Cc1cc(C)cc(NC(=O)NC(C)c2ccc(C)o2)c1. The van der Waals surface area contributed by atoms with Crippen LogP contribution in [0.15, 0.2) is 34.7 Å². The van der Waals surface area contributed by atoms with Crippen molar-refractivity contribution in [3.63, 3.8) is 0 Å². The Morgan fingerprint density at radius 3 is 2.30 bits per heavy atom. The first kappa shape index (κ1) is 14.2. The van der Waals surface area contributed by atoms with E-state index in [2.05, 4.69) is 16.7 Å². The quantitative estimate of drug-likeness (QED) is 0.884. The van der Waals surface area contributed by atoms with Crippen LogP contribution < -0.4 is 10.6 Å². The molecule has 106 valence electrons. The van der Waals surface area contributed by atoms with Gasteiger partial charge in [-0.25, -0.2) is 4.79 Å². The van der Waals surface area contributed by atoms with Crippen LogP contribution in [0.4, 0.5) is 10.5 Å². The zero-order valence-electron chi connectivity index (χ0n) is 12.3. The average molecular weight is 272 g/mol. The van der Waals surface area contributed by atoms with Gasteiger partial charge < -0.3 is 15.1 Å². The minimum atomic E-state index is -0.239. The Morgan fingerprint density at radius 1 is 1.10 bits per heavy atom. The minimum Gasteiger partial charge on any atom is -0.464 e. The molecule has 4 heteroatoms. The second-order valence-corrected chi connectivity index (χ2v) is 5.14. The fourth-order valence-corrected chi connectivity index (χ4v) is 2.17. The van der Waals surface area contributed by atoms with Crippen LogP contribution in [0, 0.1) is 20.8 Å². The smallest absolute Gasteiger partial charge is 0.319 e. The highest BCUT2D eigenvalue weighted by Gasteiger charge is 2.12. The van der Waals surface area contributed by atoms with Gasteiger partial charge in [0.15, 0.2) is 0 Å². The third-order valence-corrected chi connectivity index (χ3v) is 3.02. The Bertz CT molecular complexity index is 596. The topological polar surface area (TPSA) is 54.3 Å². The van der Waals surface area contributed by atoms with Gasteiger partial charge in [0.25, 0.3) is 0 Å². The highest BCUT2D eigenvalue weighted by molar-refractivity contribution is 5.89. The number of hydrogen-bond acceptors (Lipinski definition) is 2. The number of anilines is 1. The zero-order valence-corrected chi connectivity index (χ0v) is 12.3.